The van der Waals surface area contributed by atoms with Crippen LogP contribution in [0.1, 0.15) is 19.7 Å². The molecule has 2 aromatic rings. The third kappa shape index (κ3) is 3.54. The van der Waals surface area contributed by atoms with E-state index in [1.54, 1.807) is 0 Å². The maximum absolute atomic E-state index is 5.93. The normalized spacial score (nSPS) is 10.7. The molecule has 2 heterocycles. The molecule has 0 aliphatic heterocycles. The fourth-order valence-corrected chi connectivity index (χ4v) is 2.37. The summed E-state index contributed by atoms with van der Waals surface area (Å²) in [7, 11) is 0. The van der Waals surface area contributed by atoms with Gasteiger partial charge in [-0.1, -0.05) is 0 Å². The highest BCUT2D eigenvalue weighted by atomic mass is 35.5. The van der Waals surface area contributed by atoms with Gasteiger partial charge in [0.1, 0.15) is 5.82 Å². The van der Waals surface area contributed by atoms with E-state index in [2.05, 4.69) is 30.1 Å². The van der Waals surface area contributed by atoms with Gasteiger partial charge in [0.2, 0.25) is 21.5 Å². The Labute approximate surface area is 120 Å². The summed E-state index contributed by atoms with van der Waals surface area (Å²) in [6, 6.07) is 0. The number of rotatable bonds is 5. The molecule has 0 atom stereocenters. The van der Waals surface area contributed by atoms with Crippen LogP contribution in [0.25, 0.3) is 0 Å². The molecule has 0 bridgehead atoms. The summed E-state index contributed by atoms with van der Waals surface area (Å²) in [6.45, 7) is 7.51. The molecule has 19 heavy (non-hydrogen) atoms. The van der Waals surface area contributed by atoms with Gasteiger partial charge < -0.3 is 4.90 Å². The van der Waals surface area contributed by atoms with Gasteiger partial charge in [0.05, 0.1) is 0 Å². The first-order valence-electron chi connectivity index (χ1n) is 5.85. The first-order valence-corrected chi connectivity index (χ1v) is 7.05. The molecule has 102 valence electrons. The van der Waals surface area contributed by atoms with Crippen LogP contribution in [0.2, 0.25) is 5.28 Å². The van der Waals surface area contributed by atoms with E-state index in [1.165, 1.54) is 11.8 Å². The predicted molar refractivity (Wildman–Crippen MR) is 73.6 cm³/mol. The van der Waals surface area contributed by atoms with E-state index in [0.717, 1.165) is 18.9 Å². The average molecular weight is 300 g/mol. The van der Waals surface area contributed by atoms with Crippen molar-refractivity contribution in [3.63, 3.8) is 0 Å². The molecule has 0 saturated heterocycles. The summed E-state index contributed by atoms with van der Waals surface area (Å²) in [5.41, 5.74) is 0. The number of aromatic amines is 1. The highest BCUT2D eigenvalue weighted by Crippen LogP contribution is 2.23. The van der Waals surface area contributed by atoms with Gasteiger partial charge in [-0.2, -0.15) is 15.0 Å². The maximum Gasteiger partial charge on any atom is 0.230 e. The lowest BCUT2D eigenvalue weighted by atomic mass is 10.5. The number of halogens is 1. The van der Waals surface area contributed by atoms with Gasteiger partial charge >= 0.3 is 0 Å². The monoisotopic (exact) mass is 299 g/mol. The van der Waals surface area contributed by atoms with Crippen LogP contribution in [0.15, 0.2) is 10.3 Å². The second-order valence-electron chi connectivity index (χ2n) is 3.66. The molecule has 0 aliphatic carbocycles. The van der Waals surface area contributed by atoms with Gasteiger partial charge in [-0.3, -0.25) is 5.10 Å². The Kier molecular flexibility index (Phi) is 4.54. The molecular formula is C10H14ClN7S. The quantitative estimate of drug-likeness (QED) is 0.903. The van der Waals surface area contributed by atoms with Crippen LogP contribution in [0.4, 0.5) is 5.95 Å². The van der Waals surface area contributed by atoms with E-state index < -0.39 is 0 Å². The summed E-state index contributed by atoms with van der Waals surface area (Å²) < 4.78 is 0. The number of H-pyrrole nitrogens is 1. The Balaban J connectivity index is 2.25. The van der Waals surface area contributed by atoms with E-state index in [0.29, 0.717) is 16.3 Å². The maximum atomic E-state index is 5.93. The van der Waals surface area contributed by atoms with Crippen molar-refractivity contribution in [3.8, 4) is 0 Å². The molecule has 0 fully saturated rings. The van der Waals surface area contributed by atoms with Crippen LogP contribution >= 0.6 is 23.4 Å². The average Bonchev–Trinajstić information content (AvgIpc) is 2.75. The minimum atomic E-state index is 0.173. The van der Waals surface area contributed by atoms with Crippen LogP contribution in [-0.4, -0.2) is 43.2 Å². The molecule has 0 aromatic carbocycles. The summed E-state index contributed by atoms with van der Waals surface area (Å²) >= 11 is 7.18. The van der Waals surface area contributed by atoms with E-state index in [4.69, 9.17) is 11.6 Å². The lowest BCUT2D eigenvalue weighted by Gasteiger charge is -2.18. The molecule has 1 N–H and O–H groups in total. The minimum absolute atomic E-state index is 0.173. The largest absolute Gasteiger partial charge is 0.341 e. The highest BCUT2D eigenvalue weighted by molar-refractivity contribution is 7.99. The molecule has 0 aliphatic rings. The second-order valence-corrected chi connectivity index (χ2v) is 4.94. The van der Waals surface area contributed by atoms with Crippen molar-refractivity contribution in [1.82, 2.24) is 30.1 Å². The Morgan fingerprint density at radius 2 is 1.84 bits per heavy atom. The zero-order chi connectivity index (χ0) is 13.8. The third-order valence-electron chi connectivity index (χ3n) is 2.38. The van der Waals surface area contributed by atoms with Crippen molar-refractivity contribution < 1.29 is 0 Å². The molecule has 9 heteroatoms. The SMILES string of the molecule is CCN(CC)c1nc(Cl)nc(Sc2n[nH]c(C)n2)n1. The predicted octanol–water partition coefficient (Wildman–Crippen LogP) is 1.95. The minimum Gasteiger partial charge on any atom is -0.341 e. The zero-order valence-corrected chi connectivity index (χ0v) is 12.5. The summed E-state index contributed by atoms with van der Waals surface area (Å²) in [6.07, 6.45) is 0. The number of aromatic nitrogens is 6. The molecule has 7 nitrogen and oxygen atoms in total. The number of aryl methyl sites for hydroxylation is 1. The van der Waals surface area contributed by atoms with E-state index in [-0.39, 0.29) is 5.28 Å². The standard InChI is InChI=1S/C10H14ClN7S/c1-4-18(5-2)8-13-7(11)14-9(15-8)19-10-12-6(3)16-17-10/h4-5H2,1-3H3,(H,12,16,17). The molecule has 2 aromatic heterocycles. The molecule has 2 rings (SSSR count). The van der Waals surface area contributed by atoms with Gasteiger partial charge in [0, 0.05) is 13.1 Å². The summed E-state index contributed by atoms with van der Waals surface area (Å²) in [5.74, 6) is 1.31. The van der Waals surface area contributed by atoms with Gasteiger partial charge in [-0.05, 0) is 44.1 Å². The highest BCUT2D eigenvalue weighted by Gasteiger charge is 2.12. The van der Waals surface area contributed by atoms with Crippen LogP contribution < -0.4 is 4.90 Å². The van der Waals surface area contributed by atoms with Crippen molar-refractivity contribution >= 4 is 29.3 Å². The first kappa shape index (κ1) is 14.0. The fourth-order valence-electron chi connectivity index (χ4n) is 1.46. The van der Waals surface area contributed by atoms with Crippen molar-refractivity contribution in [2.75, 3.05) is 18.0 Å². The first-order chi connectivity index (χ1) is 9.12. The zero-order valence-electron chi connectivity index (χ0n) is 10.9. The molecule has 0 radical (unpaired) electrons. The van der Waals surface area contributed by atoms with Crippen LogP contribution in [0.3, 0.4) is 0 Å². The molecular weight excluding hydrogens is 286 g/mol. The van der Waals surface area contributed by atoms with Gasteiger partial charge in [0.15, 0.2) is 0 Å². The fraction of sp³-hybridized carbons (Fsp3) is 0.500. The second kappa shape index (κ2) is 6.16. The van der Waals surface area contributed by atoms with E-state index in [1.807, 2.05) is 25.7 Å². The van der Waals surface area contributed by atoms with Gasteiger partial charge in [0.25, 0.3) is 0 Å². The van der Waals surface area contributed by atoms with Crippen LogP contribution in [0, 0.1) is 6.92 Å². The van der Waals surface area contributed by atoms with Crippen LogP contribution in [0.5, 0.6) is 0 Å². The molecule has 0 unspecified atom stereocenters. The summed E-state index contributed by atoms with van der Waals surface area (Å²) in [4.78, 5) is 18.8. The van der Waals surface area contributed by atoms with Gasteiger partial charge in [-0.15, -0.1) is 5.10 Å². The number of nitrogens with zero attached hydrogens (tertiary/aromatic N) is 6. The smallest absolute Gasteiger partial charge is 0.230 e. The number of anilines is 1. The Morgan fingerprint density at radius 3 is 2.42 bits per heavy atom. The Bertz CT molecular complexity index is 555. The lowest BCUT2D eigenvalue weighted by molar-refractivity contribution is 0.780. The van der Waals surface area contributed by atoms with E-state index >= 15 is 0 Å². The molecule has 0 amide bonds. The van der Waals surface area contributed by atoms with E-state index in [9.17, 15) is 0 Å². The summed E-state index contributed by atoms with van der Waals surface area (Å²) in [5, 5.41) is 8.01. The van der Waals surface area contributed by atoms with Crippen LogP contribution in [-0.2, 0) is 0 Å². The number of hydrogen-bond donors (Lipinski definition) is 1. The molecule has 0 spiro atoms. The lowest BCUT2D eigenvalue weighted by Crippen LogP contribution is -2.24. The number of hydrogen-bond acceptors (Lipinski definition) is 7. The van der Waals surface area contributed by atoms with Gasteiger partial charge in [-0.25, -0.2) is 4.98 Å². The number of nitrogens with one attached hydrogen (secondary N) is 1. The topological polar surface area (TPSA) is 83.5 Å². The third-order valence-corrected chi connectivity index (χ3v) is 3.28. The van der Waals surface area contributed by atoms with Crippen molar-refractivity contribution in [3.05, 3.63) is 11.1 Å². The Hall–Kier alpha value is -1.41. The van der Waals surface area contributed by atoms with Crippen molar-refractivity contribution in [1.29, 1.82) is 0 Å². The van der Waals surface area contributed by atoms with Crippen molar-refractivity contribution in [2.24, 2.45) is 0 Å². The molecule has 0 saturated carbocycles. The van der Waals surface area contributed by atoms with Crippen molar-refractivity contribution in [2.45, 2.75) is 31.1 Å². The Morgan fingerprint density at radius 1 is 1.11 bits per heavy atom.